The van der Waals surface area contributed by atoms with Crippen molar-refractivity contribution in [3.63, 3.8) is 0 Å². The number of aromatic nitrogens is 2. The van der Waals surface area contributed by atoms with Crippen molar-refractivity contribution in [1.29, 1.82) is 0 Å². The molecule has 4 nitrogen and oxygen atoms in total. The zero-order valence-corrected chi connectivity index (χ0v) is 12.4. The first kappa shape index (κ1) is 13.5. The highest BCUT2D eigenvalue weighted by molar-refractivity contribution is 7.16. The van der Waals surface area contributed by atoms with E-state index in [-0.39, 0.29) is 0 Å². The molecule has 2 N–H and O–H groups in total. The second-order valence-electron chi connectivity index (χ2n) is 3.97. The highest BCUT2D eigenvalue weighted by Gasteiger charge is 2.08. The maximum absolute atomic E-state index is 5.64. The van der Waals surface area contributed by atoms with Gasteiger partial charge in [-0.2, -0.15) is 0 Å². The van der Waals surface area contributed by atoms with Crippen molar-refractivity contribution < 1.29 is 0 Å². The van der Waals surface area contributed by atoms with Crippen LogP contribution in [0.15, 0.2) is 11.6 Å². The lowest BCUT2D eigenvalue weighted by Gasteiger charge is -2.16. The third kappa shape index (κ3) is 3.28. The lowest BCUT2D eigenvalue weighted by atomic mass is 10.4. The van der Waals surface area contributed by atoms with Crippen molar-refractivity contribution in [3.05, 3.63) is 16.6 Å². The third-order valence-corrected chi connectivity index (χ3v) is 4.62. The number of anilines is 1. The fraction of sp³-hybridized carbons (Fsp3) is 0.500. The SMILES string of the molecule is CCN(CC)CCc1ncc(-c2csc(N)n2)s1. The Balaban J connectivity index is 1.98. The van der Waals surface area contributed by atoms with Crippen LogP contribution in [0.5, 0.6) is 0 Å². The first-order valence-corrected chi connectivity index (χ1v) is 7.81. The normalized spacial score (nSPS) is 11.3. The van der Waals surface area contributed by atoms with Crippen LogP contribution in [0.25, 0.3) is 10.6 Å². The first-order valence-electron chi connectivity index (χ1n) is 6.11. The van der Waals surface area contributed by atoms with E-state index in [0.29, 0.717) is 5.13 Å². The molecule has 98 valence electrons. The van der Waals surface area contributed by atoms with Crippen LogP contribution >= 0.6 is 22.7 Å². The Morgan fingerprint density at radius 3 is 2.72 bits per heavy atom. The lowest BCUT2D eigenvalue weighted by Crippen LogP contribution is -2.25. The predicted octanol–water partition coefficient (Wildman–Crippen LogP) is 2.73. The van der Waals surface area contributed by atoms with Gasteiger partial charge < -0.3 is 10.6 Å². The molecular formula is C12H18N4S2. The standard InChI is InChI=1S/C12H18N4S2/c1-3-16(4-2)6-5-11-14-7-10(18-11)9-8-17-12(13)15-9/h7-8H,3-6H2,1-2H3,(H2,13,15). The van der Waals surface area contributed by atoms with E-state index in [9.17, 15) is 0 Å². The molecule has 0 amide bonds. The second kappa shape index (κ2) is 6.26. The molecule has 0 unspecified atom stereocenters. The van der Waals surface area contributed by atoms with Crippen LogP contribution in [0.1, 0.15) is 18.9 Å². The van der Waals surface area contributed by atoms with Crippen molar-refractivity contribution in [2.75, 3.05) is 25.4 Å². The summed E-state index contributed by atoms with van der Waals surface area (Å²) >= 11 is 3.18. The van der Waals surface area contributed by atoms with Crippen LogP contribution in [-0.2, 0) is 6.42 Å². The minimum atomic E-state index is 0.614. The van der Waals surface area contributed by atoms with Crippen molar-refractivity contribution in [1.82, 2.24) is 14.9 Å². The Labute approximate surface area is 115 Å². The monoisotopic (exact) mass is 282 g/mol. The van der Waals surface area contributed by atoms with Gasteiger partial charge in [-0.25, -0.2) is 9.97 Å². The lowest BCUT2D eigenvalue weighted by molar-refractivity contribution is 0.308. The van der Waals surface area contributed by atoms with Crippen LogP contribution in [0, 0.1) is 0 Å². The van der Waals surface area contributed by atoms with Gasteiger partial charge in [-0.1, -0.05) is 13.8 Å². The summed E-state index contributed by atoms with van der Waals surface area (Å²) in [5, 5.41) is 3.77. The number of nitrogens with two attached hydrogens (primary N) is 1. The molecule has 0 atom stereocenters. The molecule has 2 aromatic heterocycles. The molecular weight excluding hydrogens is 264 g/mol. The number of likely N-dealkylation sites (N-methyl/N-ethyl adjacent to an activating group) is 1. The highest BCUT2D eigenvalue weighted by atomic mass is 32.1. The van der Waals surface area contributed by atoms with Crippen LogP contribution in [0.2, 0.25) is 0 Å². The number of nitrogens with zero attached hydrogens (tertiary/aromatic N) is 3. The molecule has 0 aliphatic rings. The molecule has 18 heavy (non-hydrogen) atoms. The Bertz CT molecular complexity index is 488. The molecule has 2 heterocycles. The van der Waals surface area contributed by atoms with Gasteiger partial charge in [0.05, 0.1) is 15.6 Å². The number of thiazole rings is 2. The maximum atomic E-state index is 5.64. The maximum Gasteiger partial charge on any atom is 0.180 e. The topological polar surface area (TPSA) is 55.0 Å². The Morgan fingerprint density at radius 2 is 2.11 bits per heavy atom. The van der Waals surface area contributed by atoms with Gasteiger partial charge in [-0.3, -0.25) is 0 Å². The van der Waals surface area contributed by atoms with E-state index in [0.717, 1.165) is 36.6 Å². The number of hydrogen-bond donors (Lipinski definition) is 1. The zero-order valence-electron chi connectivity index (χ0n) is 10.7. The van der Waals surface area contributed by atoms with Gasteiger partial charge in [0.25, 0.3) is 0 Å². The van der Waals surface area contributed by atoms with E-state index in [2.05, 4.69) is 28.7 Å². The molecule has 0 spiro atoms. The quantitative estimate of drug-likeness (QED) is 0.885. The molecule has 0 saturated carbocycles. The van der Waals surface area contributed by atoms with Gasteiger partial charge in [-0.15, -0.1) is 22.7 Å². The van der Waals surface area contributed by atoms with Gasteiger partial charge in [0.2, 0.25) is 0 Å². The van der Waals surface area contributed by atoms with Gasteiger partial charge >= 0.3 is 0 Å². The summed E-state index contributed by atoms with van der Waals surface area (Å²) in [5.41, 5.74) is 6.59. The summed E-state index contributed by atoms with van der Waals surface area (Å²) in [5.74, 6) is 0. The molecule has 0 saturated heterocycles. The molecule has 0 aliphatic heterocycles. The fourth-order valence-corrected chi connectivity index (χ4v) is 3.24. The average molecular weight is 282 g/mol. The molecule has 2 rings (SSSR count). The van der Waals surface area contributed by atoms with Crippen molar-refractivity contribution in [3.8, 4) is 10.6 Å². The van der Waals surface area contributed by atoms with Crippen molar-refractivity contribution in [2.45, 2.75) is 20.3 Å². The van der Waals surface area contributed by atoms with E-state index >= 15 is 0 Å². The highest BCUT2D eigenvalue weighted by Crippen LogP contribution is 2.28. The van der Waals surface area contributed by atoms with Crippen LogP contribution in [0.3, 0.4) is 0 Å². The predicted molar refractivity (Wildman–Crippen MR) is 79.1 cm³/mol. The van der Waals surface area contributed by atoms with Gasteiger partial charge in [-0.05, 0) is 13.1 Å². The van der Waals surface area contributed by atoms with Crippen LogP contribution < -0.4 is 5.73 Å². The van der Waals surface area contributed by atoms with E-state index < -0.39 is 0 Å². The summed E-state index contributed by atoms with van der Waals surface area (Å²) < 4.78 is 0. The summed E-state index contributed by atoms with van der Waals surface area (Å²) in [4.78, 5) is 12.2. The van der Waals surface area contributed by atoms with Crippen molar-refractivity contribution in [2.24, 2.45) is 0 Å². The summed E-state index contributed by atoms with van der Waals surface area (Å²) in [6.45, 7) is 7.64. The number of nitrogen functional groups attached to an aromatic ring is 1. The molecule has 0 bridgehead atoms. The number of rotatable bonds is 6. The number of hydrogen-bond acceptors (Lipinski definition) is 6. The van der Waals surface area contributed by atoms with E-state index in [1.165, 1.54) is 16.3 Å². The van der Waals surface area contributed by atoms with E-state index in [1.807, 2.05) is 11.6 Å². The van der Waals surface area contributed by atoms with Crippen molar-refractivity contribution >= 4 is 27.8 Å². The molecule has 0 aliphatic carbocycles. The Hall–Kier alpha value is -0.980. The molecule has 6 heteroatoms. The first-order chi connectivity index (χ1) is 8.72. The van der Waals surface area contributed by atoms with E-state index in [4.69, 9.17) is 5.73 Å². The third-order valence-electron chi connectivity index (χ3n) is 2.86. The molecule has 0 radical (unpaired) electrons. The minimum Gasteiger partial charge on any atom is -0.375 e. The Kier molecular flexibility index (Phi) is 4.68. The summed E-state index contributed by atoms with van der Waals surface area (Å²) in [6, 6.07) is 0. The van der Waals surface area contributed by atoms with E-state index in [1.54, 1.807) is 11.3 Å². The largest absolute Gasteiger partial charge is 0.375 e. The second-order valence-corrected chi connectivity index (χ2v) is 5.97. The zero-order chi connectivity index (χ0) is 13.0. The Morgan fingerprint density at radius 1 is 1.33 bits per heavy atom. The summed E-state index contributed by atoms with van der Waals surface area (Å²) in [7, 11) is 0. The van der Waals surface area contributed by atoms with Crippen LogP contribution in [0.4, 0.5) is 5.13 Å². The molecule has 2 aromatic rings. The fourth-order valence-electron chi connectivity index (χ4n) is 1.74. The molecule has 0 aromatic carbocycles. The summed E-state index contributed by atoms with van der Waals surface area (Å²) in [6.07, 6.45) is 2.91. The average Bonchev–Trinajstić information content (AvgIpc) is 2.99. The minimum absolute atomic E-state index is 0.614. The van der Waals surface area contributed by atoms with Gasteiger partial charge in [0.15, 0.2) is 5.13 Å². The van der Waals surface area contributed by atoms with Crippen LogP contribution in [-0.4, -0.2) is 34.5 Å². The molecule has 0 fully saturated rings. The van der Waals surface area contributed by atoms with Gasteiger partial charge in [0.1, 0.15) is 0 Å². The smallest absolute Gasteiger partial charge is 0.180 e. The van der Waals surface area contributed by atoms with Gasteiger partial charge in [0, 0.05) is 24.5 Å².